The lowest BCUT2D eigenvalue weighted by atomic mass is 10.00. The second kappa shape index (κ2) is 8.05. The molecule has 168 valence electrons. The lowest BCUT2D eigenvalue weighted by Crippen LogP contribution is -2.53. The molecule has 1 N–H and O–H groups in total. The molecule has 5 rings (SSSR count). The lowest BCUT2D eigenvalue weighted by molar-refractivity contribution is -0.110. The molecule has 1 amide bonds. The average molecular weight is 452 g/mol. The quantitative estimate of drug-likeness (QED) is 0.711. The van der Waals surface area contributed by atoms with Crippen molar-refractivity contribution in [3.63, 3.8) is 0 Å². The zero-order valence-electron chi connectivity index (χ0n) is 18.6. The number of benzene rings is 2. The molecule has 32 heavy (non-hydrogen) atoms. The van der Waals surface area contributed by atoms with E-state index in [0.29, 0.717) is 30.9 Å². The minimum atomic E-state index is -3.65. The molecule has 2 aromatic carbocycles. The van der Waals surface area contributed by atoms with Crippen LogP contribution in [-0.4, -0.2) is 44.3 Å². The number of piperazine rings is 1. The van der Waals surface area contributed by atoms with Crippen molar-refractivity contribution in [1.29, 1.82) is 0 Å². The SMILES string of the molecule is Cc1cccc(N2CCN(S(=O)(=O)c3ccc4c(c3)C(=C3CCCC3)C(=O)N4)C[C@H]2C)c1. The van der Waals surface area contributed by atoms with E-state index in [9.17, 15) is 13.2 Å². The number of fused-ring (bicyclic) bond motifs is 1. The van der Waals surface area contributed by atoms with Gasteiger partial charge in [0.2, 0.25) is 10.0 Å². The van der Waals surface area contributed by atoms with Crippen LogP contribution in [0.3, 0.4) is 0 Å². The van der Waals surface area contributed by atoms with E-state index in [2.05, 4.69) is 42.3 Å². The van der Waals surface area contributed by atoms with Crippen molar-refractivity contribution in [3.05, 3.63) is 59.2 Å². The zero-order valence-corrected chi connectivity index (χ0v) is 19.4. The molecule has 0 radical (unpaired) electrons. The van der Waals surface area contributed by atoms with Crippen molar-refractivity contribution in [2.24, 2.45) is 0 Å². The maximum Gasteiger partial charge on any atom is 0.256 e. The van der Waals surface area contributed by atoms with Crippen LogP contribution in [-0.2, 0) is 14.8 Å². The number of nitrogens with one attached hydrogen (secondary N) is 1. The molecular formula is C25H29N3O3S. The van der Waals surface area contributed by atoms with Gasteiger partial charge in [-0.25, -0.2) is 8.42 Å². The highest BCUT2D eigenvalue weighted by atomic mass is 32.2. The van der Waals surface area contributed by atoms with E-state index in [0.717, 1.165) is 42.5 Å². The van der Waals surface area contributed by atoms with Crippen molar-refractivity contribution in [2.45, 2.75) is 50.5 Å². The van der Waals surface area contributed by atoms with Crippen LogP contribution in [0.4, 0.5) is 11.4 Å². The topological polar surface area (TPSA) is 69.7 Å². The summed E-state index contributed by atoms with van der Waals surface area (Å²) in [5, 5.41) is 2.91. The predicted molar refractivity (Wildman–Crippen MR) is 127 cm³/mol. The monoisotopic (exact) mass is 451 g/mol. The maximum absolute atomic E-state index is 13.5. The predicted octanol–water partition coefficient (Wildman–Crippen LogP) is 4.17. The second-order valence-electron chi connectivity index (χ2n) is 9.09. The fourth-order valence-corrected chi connectivity index (χ4v) is 6.73. The van der Waals surface area contributed by atoms with E-state index >= 15 is 0 Å². The normalized spacial score (nSPS) is 21.8. The van der Waals surface area contributed by atoms with E-state index in [-0.39, 0.29) is 16.8 Å². The largest absolute Gasteiger partial charge is 0.366 e. The van der Waals surface area contributed by atoms with Crippen LogP contribution in [0.15, 0.2) is 52.9 Å². The van der Waals surface area contributed by atoms with E-state index < -0.39 is 10.0 Å². The molecule has 2 aromatic rings. The summed E-state index contributed by atoms with van der Waals surface area (Å²) >= 11 is 0. The summed E-state index contributed by atoms with van der Waals surface area (Å²) in [5.41, 5.74) is 5.60. The molecule has 1 saturated heterocycles. The second-order valence-corrected chi connectivity index (χ2v) is 11.0. The number of hydrogen-bond donors (Lipinski definition) is 1. The van der Waals surface area contributed by atoms with Crippen LogP contribution in [0.25, 0.3) is 5.57 Å². The summed E-state index contributed by atoms with van der Waals surface area (Å²) < 4.78 is 28.6. The molecule has 0 bridgehead atoms. The third-order valence-electron chi connectivity index (χ3n) is 6.86. The Bertz CT molecular complexity index is 1210. The Morgan fingerprint density at radius 2 is 1.81 bits per heavy atom. The van der Waals surface area contributed by atoms with Crippen molar-refractivity contribution < 1.29 is 13.2 Å². The van der Waals surface area contributed by atoms with E-state index in [1.807, 2.05) is 6.07 Å². The van der Waals surface area contributed by atoms with Gasteiger partial charge < -0.3 is 10.2 Å². The third kappa shape index (κ3) is 3.63. The molecule has 7 heteroatoms. The van der Waals surface area contributed by atoms with E-state index in [4.69, 9.17) is 0 Å². The van der Waals surface area contributed by atoms with Crippen LogP contribution in [0.2, 0.25) is 0 Å². The van der Waals surface area contributed by atoms with Gasteiger partial charge in [0.15, 0.2) is 0 Å². The highest BCUT2D eigenvalue weighted by Gasteiger charge is 2.35. The fourth-order valence-electron chi connectivity index (χ4n) is 5.19. The number of carbonyl (C=O) groups excluding carboxylic acids is 1. The van der Waals surface area contributed by atoms with Crippen LogP contribution in [0.1, 0.15) is 43.7 Å². The first-order chi connectivity index (χ1) is 15.3. The van der Waals surface area contributed by atoms with Crippen molar-refractivity contribution in [3.8, 4) is 0 Å². The molecule has 0 aromatic heterocycles. The Balaban J connectivity index is 1.42. The Kier molecular flexibility index (Phi) is 5.34. The Hall–Kier alpha value is -2.64. The van der Waals surface area contributed by atoms with Gasteiger partial charge in [-0.1, -0.05) is 17.7 Å². The highest BCUT2D eigenvalue weighted by Crippen LogP contribution is 2.40. The molecule has 2 aliphatic heterocycles. The molecule has 0 spiro atoms. The van der Waals surface area contributed by atoms with Gasteiger partial charge >= 0.3 is 0 Å². The third-order valence-corrected chi connectivity index (χ3v) is 8.72. The van der Waals surface area contributed by atoms with Crippen molar-refractivity contribution in [1.82, 2.24) is 4.31 Å². The standard InChI is InChI=1S/C25H29N3O3S/c1-17-6-5-9-20(14-17)28-13-12-27(16-18(28)2)32(30,31)21-10-11-23-22(15-21)24(25(29)26-23)19-7-3-4-8-19/h5-6,9-11,14-15,18H,3-4,7-8,12-13,16H2,1-2H3,(H,26,29)/t18-/m1/s1. The first-order valence-corrected chi connectivity index (χ1v) is 12.8. The van der Waals surface area contributed by atoms with Gasteiger partial charge in [-0.15, -0.1) is 0 Å². The van der Waals surface area contributed by atoms with Crippen LogP contribution in [0.5, 0.6) is 0 Å². The average Bonchev–Trinajstić information content (AvgIpc) is 3.39. The summed E-state index contributed by atoms with van der Waals surface area (Å²) in [6.07, 6.45) is 4.00. The van der Waals surface area contributed by atoms with Crippen LogP contribution in [0, 0.1) is 6.92 Å². The lowest BCUT2D eigenvalue weighted by Gasteiger charge is -2.40. The summed E-state index contributed by atoms with van der Waals surface area (Å²) in [5.74, 6) is -0.105. The molecule has 6 nitrogen and oxygen atoms in total. The minimum Gasteiger partial charge on any atom is -0.366 e. The summed E-state index contributed by atoms with van der Waals surface area (Å²) in [6.45, 7) is 5.64. The van der Waals surface area contributed by atoms with Gasteiger partial charge in [-0.05, 0) is 75.4 Å². The summed E-state index contributed by atoms with van der Waals surface area (Å²) in [7, 11) is -3.65. The molecular weight excluding hydrogens is 422 g/mol. The first kappa shape index (κ1) is 21.2. The molecule has 1 atom stereocenters. The molecule has 0 unspecified atom stereocenters. The Morgan fingerprint density at radius 1 is 1.03 bits per heavy atom. The fraction of sp³-hybridized carbons (Fsp3) is 0.400. The zero-order chi connectivity index (χ0) is 22.5. The highest BCUT2D eigenvalue weighted by molar-refractivity contribution is 7.89. The van der Waals surface area contributed by atoms with Crippen LogP contribution >= 0.6 is 0 Å². The number of sulfonamides is 1. The summed E-state index contributed by atoms with van der Waals surface area (Å²) in [6, 6.07) is 13.4. The number of rotatable bonds is 3. The van der Waals surface area contributed by atoms with Crippen molar-refractivity contribution >= 4 is 32.9 Å². The summed E-state index contributed by atoms with van der Waals surface area (Å²) in [4.78, 5) is 15.1. The molecule has 1 saturated carbocycles. The maximum atomic E-state index is 13.5. The number of nitrogens with zero attached hydrogens (tertiary/aromatic N) is 2. The molecule has 2 fully saturated rings. The van der Waals surface area contributed by atoms with Gasteiger partial charge in [0.25, 0.3) is 5.91 Å². The van der Waals surface area contributed by atoms with E-state index in [1.54, 1.807) is 22.5 Å². The van der Waals surface area contributed by atoms with Gasteiger partial charge in [0.05, 0.1) is 4.90 Å². The number of amides is 1. The van der Waals surface area contributed by atoms with Gasteiger partial charge in [-0.3, -0.25) is 4.79 Å². The van der Waals surface area contributed by atoms with Crippen molar-refractivity contribution in [2.75, 3.05) is 29.9 Å². The van der Waals surface area contributed by atoms with E-state index in [1.165, 1.54) is 5.56 Å². The first-order valence-electron chi connectivity index (χ1n) is 11.4. The van der Waals surface area contributed by atoms with Gasteiger partial charge in [0, 0.05) is 48.2 Å². The van der Waals surface area contributed by atoms with Crippen LogP contribution < -0.4 is 10.2 Å². The molecule has 1 aliphatic carbocycles. The van der Waals surface area contributed by atoms with Gasteiger partial charge in [0.1, 0.15) is 0 Å². The number of carbonyl (C=O) groups is 1. The smallest absolute Gasteiger partial charge is 0.256 e. The number of aryl methyl sites for hydroxylation is 1. The molecule has 3 aliphatic rings. The Morgan fingerprint density at radius 3 is 2.53 bits per heavy atom. The minimum absolute atomic E-state index is 0.0640. The number of hydrogen-bond acceptors (Lipinski definition) is 4. The molecule has 2 heterocycles. The number of allylic oxidation sites excluding steroid dienone is 1. The van der Waals surface area contributed by atoms with Gasteiger partial charge in [-0.2, -0.15) is 4.31 Å². The Labute approximate surface area is 190 Å². The number of anilines is 2.